The number of anilines is 1. The second kappa shape index (κ2) is 14.4. The highest BCUT2D eigenvalue weighted by atomic mass is 79.9. The highest BCUT2D eigenvalue weighted by molar-refractivity contribution is 9.11. The largest absolute Gasteiger partial charge is 0.491 e. The fourth-order valence-corrected chi connectivity index (χ4v) is 7.77. The normalized spacial score (nSPS) is 16.8. The van der Waals surface area contributed by atoms with E-state index < -0.39 is 22.9 Å². The van der Waals surface area contributed by atoms with E-state index in [0.29, 0.717) is 48.7 Å². The van der Waals surface area contributed by atoms with Crippen LogP contribution in [0.1, 0.15) is 41.8 Å². The Bertz CT molecular complexity index is 1310. The fraction of sp³-hybridized carbons (Fsp3) is 0.367. The van der Waals surface area contributed by atoms with Crippen LogP contribution in [0.4, 0.5) is 5.69 Å². The first-order valence-electron chi connectivity index (χ1n) is 13.5. The second-order valence-corrected chi connectivity index (χ2v) is 14.4. The SMILES string of the molecule is CC(C)Oc1cc(C(=O)N[C@@H](Cc2ccccc2)[C@@H](O)CNCc2cc(Br)cc(Br)c2)cc(N2CCCS2(O)O)c1. The van der Waals surface area contributed by atoms with Gasteiger partial charge in [0.05, 0.1) is 29.7 Å². The summed E-state index contributed by atoms with van der Waals surface area (Å²) in [7, 11) is -2.95. The van der Waals surface area contributed by atoms with Gasteiger partial charge in [-0.25, -0.2) is 0 Å². The Morgan fingerprint density at radius 1 is 1.02 bits per heavy atom. The smallest absolute Gasteiger partial charge is 0.251 e. The Balaban J connectivity index is 1.53. The fourth-order valence-electron chi connectivity index (χ4n) is 4.78. The van der Waals surface area contributed by atoms with Gasteiger partial charge in [0, 0.05) is 40.2 Å². The van der Waals surface area contributed by atoms with E-state index in [0.717, 1.165) is 20.1 Å². The number of rotatable bonds is 12. The molecular formula is C30H37Br2N3O5S. The molecule has 0 saturated carbocycles. The van der Waals surface area contributed by atoms with Gasteiger partial charge in [-0.15, -0.1) is 10.8 Å². The molecule has 4 rings (SSSR count). The van der Waals surface area contributed by atoms with Gasteiger partial charge in [-0.05, 0) is 68.1 Å². The molecule has 1 fully saturated rings. The van der Waals surface area contributed by atoms with Gasteiger partial charge < -0.3 is 20.5 Å². The topological polar surface area (TPSA) is 114 Å². The molecule has 8 nitrogen and oxygen atoms in total. The number of ether oxygens (including phenoxy) is 1. The first-order valence-corrected chi connectivity index (χ1v) is 16.8. The van der Waals surface area contributed by atoms with Crippen LogP contribution in [0, 0.1) is 0 Å². The minimum atomic E-state index is -2.95. The molecule has 0 aliphatic carbocycles. The molecule has 1 saturated heterocycles. The molecule has 5 N–H and O–H groups in total. The lowest BCUT2D eigenvalue weighted by atomic mass is 10.00. The van der Waals surface area contributed by atoms with E-state index in [-0.39, 0.29) is 18.6 Å². The van der Waals surface area contributed by atoms with E-state index in [1.54, 1.807) is 22.5 Å². The van der Waals surface area contributed by atoms with Gasteiger partial charge in [-0.3, -0.25) is 18.2 Å². The van der Waals surface area contributed by atoms with Crippen molar-refractivity contribution in [2.24, 2.45) is 0 Å². The van der Waals surface area contributed by atoms with Gasteiger partial charge in [0.2, 0.25) is 0 Å². The van der Waals surface area contributed by atoms with Crippen LogP contribution >= 0.6 is 42.6 Å². The Morgan fingerprint density at radius 3 is 2.37 bits per heavy atom. The first-order chi connectivity index (χ1) is 19.5. The van der Waals surface area contributed by atoms with E-state index in [1.807, 2.05) is 62.4 Å². The summed E-state index contributed by atoms with van der Waals surface area (Å²) in [6.45, 7) is 5.06. The molecule has 2 atom stereocenters. The van der Waals surface area contributed by atoms with Crippen molar-refractivity contribution in [3.05, 3.63) is 92.4 Å². The first kappa shape index (κ1) is 31.8. The third kappa shape index (κ3) is 9.18. The summed E-state index contributed by atoms with van der Waals surface area (Å²) in [5.41, 5.74) is 2.87. The molecule has 3 aromatic carbocycles. The Kier molecular flexibility index (Phi) is 11.1. The van der Waals surface area contributed by atoms with Gasteiger partial charge in [0.15, 0.2) is 0 Å². The van der Waals surface area contributed by atoms with Crippen LogP contribution in [0.25, 0.3) is 0 Å². The quantitative estimate of drug-likeness (QED) is 0.149. The van der Waals surface area contributed by atoms with E-state index >= 15 is 0 Å². The number of nitrogens with zero attached hydrogens (tertiary/aromatic N) is 1. The van der Waals surface area contributed by atoms with E-state index in [1.165, 1.54) is 0 Å². The lowest BCUT2D eigenvalue weighted by molar-refractivity contribution is 0.0829. The van der Waals surface area contributed by atoms with Crippen LogP contribution in [0.3, 0.4) is 0 Å². The van der Waals surface area contributed by atoms with Crippen LogP contribution in [0.15, 0.2) is 75.7 Å². The van der Waals surface area contributed by atoms with Gasteiger partial charge >= 0.3 is 0 Å². The molecule has 0 radical (unpaired) electrons. The number of hydrogen-bond donors (Lipinski definition) is 5. The van der Waals surface area contributed by atoms with E-state index in [4.69, 9.17) is 4.74 Å². The maximum absolute atomic E-state index is 13.6. The zero-order chi connectivity index (χ0) is 29.6. The lowest BCUT2D eigenvalue weighted by Gasteiger charge is -2.38. The summed E-state index contributed by atoms with van der Waals surface area (Å²) in [5.74, 6) is 0.373. The van der Waals surface area contributed by atoms with Crippen molar-refractivity contribution < 1.29 is 23.7 Å². The molecule has 0 spiro atoms. The molecule has 0 unspecified atom stereocenters. The number of aliphatic hydroxyl groups is 1. The van der Waals surface area contributed by atoms with Crippen LogP contribution in [0.2, 0.25) is 0 Å². The van der Waals surface area contributed by atoms with Crippen molar-refractivity contribution in [1.29, 1.82) is 0 Å². The molecule has 1 aliphatic heterocycles. The minimum Gasteiger partial charge on any atom is -0.491 e. The van der Waals surface area contributed by atoms with Crippen LogP contribution < -0.4 is 19.7 Å². The Labute approximate surface area is 260 Å². The van der Waals surface area contributed by atoms with Gasteiger partial charge in [-0.2, -0.15) is 0 Å². The van der Waals surface area contributed by atoms with Crippen molar-refractivity contribution in [3.8, 4) is 5.75 Å². The summed E-state index contributed by atoms with van der Waals surface area (Å²) in [6.07, 6.45) is 0.0630. The lowest BCUT2D eigenvalue weighted by Crippen LogP contribution is -2.48. The van der Waals surface area contributed by atoms with Crippen LogP contribution in [-0.4, -0.2) is 57.2 Å². The number of amides is 1. The molecule has 41 heavy (non-hydrogen) atoms. The number of carbonyl (C=O) groups is 1. The predicted octanol–water partition coefficient (Wildman–Crippen LogP) is 6.37. The maximum atomic E-state index is 13.6. The van der Waals surface area contributed by atoms with Gasteiger partial charge in [0.1, 0.15) is 5.75 Å². The zero-order valence-corrected chi connectivity index (χ0v) is 27.1. The maximum Gasteiger partial charge on any atom is 0.251 e. The summed E-state index contributed by atoms with van der Waals surface area (Å²) >= 11 is 7.00. The number of aliphatic hydroxyl groups excluding tert-OH is 1. The van der Waals surface area contributed by atoms with Gasteiger partial charge in [-0.1, -0.05) is 62.2 Å². The molecular weight excluding hydrogens is 674 g/mol. The third-order valence-corrected chi connectivity index (χ3v) is 9.48. The molecule has 0 bridgehead atoms. The van der Waals surface area contributed by atoms with Crippen molar-refractivity contribution in [2.45, 2.75) is 51.5 Å². The number of hydrogen-bond acceptors (Lipinski definition) is 7. The zero-order valence-electron chi connectivity index (χ0n) is 23.1. The summed E-state index contributed by atoms with van der Waals surface area (Å²) < 4.78 is 30.5. The number of carbonyl (C=O) groups excluding carboxylic acids is 1. The van der Waals surface area contributed by atoms with Crippen LogP contribution in [0.5, 0.6) is 5.75 Å². The third-order valence-electron chi connectivity index (χ3n) is 6.63. The van der Waals surface area contributed by atoms with Crippen molar-refractivity contribution in [2.75, 3.05) is 23.1 Å². The average Bonchev–Trinajstić information content (AvgIpc) is 3.26. The van der Waals surface area contributed by atoms with E-state index in [2.05, 4.69) is 42.5 Å². The Hall–Kier alpha value is -2.12. The van der Waals surface area contributed by atoms with Gasteiger partial charge in [0.25, 0.3) is 5.91 Å². The number of nitrogens with one attached hydrogen (secondary N) is 2. The Morgan fingerprint density at radius 2 is 1.73 bits per heavy atom. The number of benzene rings is 3. The summed E-state index contributed by atoms with van der Waals surface area (Å²) in [5, 5.41) is 17.6. The van der Waals surface area contributed by atoms with Crippen molar-refractivity contribution in [1.82, 2.24) is 10.6 Å². The van der Waals surface area contributed by atoms with E-state index in [9.17, 15) is 19.0 Å². The monoisotopic (exact) mass is 709 g/mol. The van der Waals surface area contributed by atoms with Crippen molar-refractivity contribution >= 4 is 54.2 Å². The summed E-state index contributed by atoms with van der Waals surface area (Å²) in [4.78, 5) is 13.6. The highest BCUT2D eigenvalue weighted by Gasteiger charge is 2.30. The standard InChI is InChI=1S/C30H37Br2N3O5S/c1-20(2)40-27-15-23(14-26(17-27)35-9-6-10-41(35,38)39)30(37)34-28(13-21-7-4-3-5-8-21)29(36)19-33-18-22-11-24(31)16-25(32)12-22/h3-5,7-8,11-12,14-17,20,28-29,33,36,38-39H,6,9-10,13,18-19H2,1-2H3,(H,34,37)/t28-,29-/m0/s1. The molecule has 1 amide bonds. The summed E-state index contributed by atoms with van der Waals surface area (Å²) in [6, 6.07) is 20.1. The molecule has 1 heterocycles. The molecule has 0 aromatic heterocycles. The molecule has 11 heteroatoms. The predicted molar refractivity (Wildman–Crippen MR) is 173 cm³/mol. The second-order valence-electron chi connectivity index (χ2n) is 10.4. The molecule has 1 aliphatic rings. The molecule has 3 aromatic rings. The molecule has 222 valence electrons. The average molecular weight is 712 g/mol. The highest BCUT2D eigenvalue weighted by Crippen LogP contribution is 2.51. The van der Waals surface area contributed by atoms with Crippen LogP contribution in [-0.2, 0) is 13.0 Å². The van der Waals surface area contributed by atoms with Crippen molar-refractivity contribution in [3.63, 3.8) is 0 Å². The number of halogens is 2. The minimum absolute atomic E-state index is 0.135.